The summed E-state index contributed by atoms with van der Waals surface area (Å²) in [7, 11) is 1.96. The number of pyridine rings is 1. The Balaban J connectivity index is 1.26. The zero-order valence-electron chi connectivity index (χ0n) is 24.7. The molecule has 0 radical (unpaired) electrons. The van der Waals surface area contributed by atoms with Crippen LogP contribution in [0.25, 0.3) is 0 Å². The Labute approximate surface area is 243 Å². The summed E-state index contributed by atoms with van der Waals surface area (Å²) in [5.41, 5.74) is 5.49. The van der Waals surface area contributed by atoms with E-state index in [1.807, 2.05) is 29.8 Å². The van der Waals surface area contributed by atoms with Crippen LogP contribution in [0.3, 0.4) is 0 Å². The average Bonchev–Trinajstić information content (AvgIpc) is 3.46. The van der Waals surface area contributed by atoms with Crippen molar-refractivity contribution in [2.24, 2.45) is 18.9 Å². The second-order valence-electron chi connectivity index (χ2n) is 13.3. The number of fused-ring (bicyclic) bond motifs is 1. The van der Waals surface area contributed by atoms with Crippen LogP contribution < -0.4 is 10.6 Å². The second kappa shape index (κ2) is 10.7. The summed E-state index contributed by atoms with van der Waals surface area (Å²) in [6, 6.07) is 12.8. The predicted molar refractivity (Wildman–Crippen MR) is 158 cm³/mol. The highest BCUT2D eigenvalue weighted by Gasteiger charge is 2.49. The van der Waals surface area contributed by atoms with Crippen molar-refractivity contribution in [3.05, 3.63) is 70.6 Å². The molecule has 1 atom stereocenters. The lowest BCUT2D eigenvalue weighted by Crippen LogP contribution is -2.44. The molecule has 0 bridgehead atoms. The van der Waals surface area contributed by atoms with E-state index in [1.54, 1.807) is 6.33 Å². The van der Waals surface area contributed by atoms with E-state index in [2.05, 4.69) is 59.8 Å². The molecule has 1 aromatic carbocycles. The number of anilines is 1. The van der Waals surface area contributed by atoms with Crippen LogP contribution in [0.4, 0.5) is 5.69 Å². The van der Waals surface area contributed by atoms with E-state index >= 15 is 0 Å². The Hall–Kier alpha value is -3.57. The fraction of sp³-hybridized carbons (Fsp3) is 0.545. The molecule has 3 aliphatic rings. The normalized spacial score (nSPS) is 23.6. The minimum Gasteiger partial charge on any atom is -0.321 e. The van der Waals surface area contributed by atoms with Crippen molar-refractivity contribution < 1.29 is 4.79 Å². The van der Waals surface area contributed by atoms with Gasteiger partial charge in [-0.1, -0.05) is 32.4 Å². The van der Waals surface area contributed by atoms with Crippen molar-refractivity contribution in [3.63, 3.8) is 0 Å². The quantitative estimate of drug-likeness (QED) is 0.360. The molecule has 2 heterocycles. The van der Waals surface area contributed by atoms with Gasteiger partial charge in [-0.2, -0.15) is 5.26 Å². The molecule has 3 aromatic rings. The number of carbonyl (C=O) groups excluding carboxylic acids is 1. The van der Waals surface area contributed by atoms with Gasteiger partial charge in [0, 0.05) is 37.2 Å². The van der Waals surface area contributed by atoms with E-state index in [9.17, 15) is 10.1 Å². The minimum atomic E-state index is -0.320. The van der Waals surface area contributed by atoms with Crippen molar-refractivity contribution in [3.8, 4) is 6.07 Å². The molecule has 1 amide bonds. The first-order valence-electron chi connectivity index (χ1n) is 15.1. The lowest BCUT2D eigenvalue weighted by molar-refractivity contribution is 0.102. The molecule has 0 aliphatic heterocycles. The van der Waals surface area contributed by atoms with Crippen LogP contribution in [-0.2, 0) is 30.8 Å². The van der Waals surface area contributed by atoms with Crippen molar-refractivity contribution in [1.82, 2.24) is 25.1 Å². The van der Waals surface area contributed by atoms with Gasteiger partial charge >= 0.3 is 0 Å². The predicted octanol–water partition coefficient (Wildman–Crippen LogP) is 5.57. The lowest BCUT2D eigenvalue weighted by atomic mass is 9.57. The van der Waals surface area contributed by atoms with Gasteiger partial charge in [0.05, 0.1) is 17.2 Å². The van der Waals surface area contributed by atoms with Gasteiger partial charge in [-0.15, -0.1) is 10.2 Å². The van der Waals surface area contributed by atoms with E-state index in [0.717, 1.165) is 60.9 Å². The van der Waals surface area contributed by atoms with Gasteiger partial charge < -0.3 is 15.2 Å². The maximum absolute atomic E-state index is 13.7. The van der Waals surface area contributed by atoms with Gasteiger partial charge in [0.15, 0.2) is 0 Å². The molecule has 6 rings (SSSR count). The molecule has 2 fully saturated rings. The fourth-order valence-electron chi connectivity index (χ4n) is 7.22. The molecular formula is C33H41N7O. The highest BCUT2D eigenvalue weighted by molar-refractivity contribution is 6.03. The highest BCUT2D eigenvalue weighted by Crippen LogP contribution is 2.53. The third-order valence-corrected chi connectivity index (χ3v) is 10.0. The maximum Gasteiger partial charge on any atom is 0.274 e. The van der Waals surface area contributed by atoms with Crippen LogP contribution in [-0.4, -0.2) is 31.7 Å². The Kier molecular flexibility index (Phi) is 7.19. The number of rotatable bonds is 9. The van der Waals surface area contributed by atoms with Gasteiger partial charge in [0.25, 0.3) is 5.91 Å². The number of amides is 1. The van der Waals surface area contributed by atoms with Gasteiger partial charge in [-0.25, -0.2) is 4.98 Å². The summed E-state index contributed by atoms with van der Waals surface area (Å²) in [6.45, 7) is 7.51. The Morgan fingerprint density at radius 2 is 2.05 bits per heavy atom. The van der Waals surface area contributed by atoms with Crippen molar-refractivity contribution >= 4 is 11.6 Å². The number of hydrogen-bond donors (Lipinski definition) is 2. The minimum absolute atomic E-state index is 0.0491. The molecule has 2 aromatic heterocycles. The number of aromatic nitrogens is 4. The second-order valence-corrected chi connectivity index (χ2v) is 13.3. The summed E-state index contributed by atoms with van der Waals surface area (Å²) < 4.78 is 1.96. The summed E-state index contributed by atoms with van der Waals surface area (Å²) in [5.74, 6) is 1.79. The smallest absolute Gasteiger partial charge is 0.274 e. The standard InChI is InChI=1S/C33H41N7O/c1-21(23-7-5-8-23)35-19-24-15-28(38-29-27(24)11-13-32(29,2)3)30(41)37-26-10-6-9-25(16-26)33(17-22(18-33)12-14-34)31-39-36-20-40(31)4/h6,9-10,15-16,20-23,35H,5,7-8,11-13,17-19H2,1-4H3,(H,37,41)/t21-,22?,33?/m0/s1. The topological polar surface area (TPSA) is 109 Å². The monoisotopic (exact) mass is 551 g/mol. The fourth-order valence-corrected chi connectivity index (χ4v) is 7.22. The average molecular weight is 552 g/mol. The molecule has 0 saturated heterocycles. The van der Waals surface area contributed by atoms with E-state index in [0.29, 0.717) is 24.1 Å². The molecule has 0 unspecified atom stereocenters. The third-order valence-electron chi connectivity index (χ3n) is 10.0. The number of aryl methyl sites for hydroxylation is 1. The lowest BCUT2D eigenvalue weighted by Gasteiger charge is -2.46. The number of nitrogens with one attached hydrogen (secondary N) is 2. The Morgan fingerprint density at radius 3 is 2.73 bits per heavy atom. The molecule has 0 spiro atoms. The number of nitriles is 1. The van der Waals surface area contributed by atoms with E-state index < -0.39 is 0 Å². The summed E-state index contributed by atoms with van der Waals surface area (Å²) in [5, 5.41) is 24.7. The summed E-state index contributed by atoms with van der Waals surface area (Å²) in [6.07, 6.45) is 9.92. The van der Waals surface area contributed by atoms with E-state index in [4.69, 9.17) is 4.98 Å². The van der Waals surface area contributed by atoms with Crippen LogP contribution in [0.2, 0.25) is 0 Å². The number of nitrogens with zero attached hydrogens (tertiary/aromatic N) is 5. The Morgan fingerprint density at radius 1 is 1.24 bits per heavy atom. The first-order valence-corrected chi connectivity index (χ1v) is 15.1. The van der Waals surface area contributed by atoms with Gasteiger partial charge in [0.1, 0.15) is 17.8 Å². The molecular weight excluding hydrogens is 510 g/mol. The molecule has 214 valence electrons. The van der Waals surface area contributed by atoms with Crippen LogP contribution in [0, 0.1) is 23.2 Å². The van der Waals surface area contributed by atoms with Gasteiger partial charge in [-0.3, -0.25) is 4.79 Å². The van der Waals surface area contributed by atoms with Crippen LogP contribution in [0.15, 0.2) is 36.7 Å². The Bertz CT molecular complexity index is 1490. The SMILES string of the molecule is C[C@H](NCc1cc(C(=O)Nc2cccc(C3(c4nncn4C)CC(CC#N)C3)c2)nc2c1CCC2(C)C)C1CCC1. The summed E-state index contributed by atoms with van der Waals surface area (Å²) >= 11 is 0. The van der Waals surface area contributed by atoms with Gasteiger partial charge in [-0.05, 0) is 92.2 Å². The van der Waals surface area contributed by atoms with Crippen LogP contribution >= 0.6 is 0 Å². The molecule has 8 nitrogen and oxygen atoms in total. The molecule has 8 heteroatoms. The number of benzene rings is 1. The number of hydrogen-bond acceptors (Lipinski definition) is 6. The third kappa shape index (κ3) is 5.05. The van der Waals surface area contributed by atoms with E-state index in [-0.39, 0.29) is 16.7 Å². The maximum atomic E-state index is 13.7. The highest BCUT2D eigenvalue weighted by atomic mass is 16.1. The molecule has 2 N–H and O–H groups in total. The van der Waals surface area contributed by atoms with Gasteiger partial charge in [0.2, 0.25) is 0 Å². The van der Waals surface area contributed by atoms with Crippen LogP contribution in [0.1, 0.15) is 104 Å². The largest absolute Gasteiger partial charge is 0.321 e. The summed E-state index contributed by atoms with van der Waals surface area (Å²) in [4.78, 5) is 18.6. The zero-order chi connectivity index (χ0) is 28.8. The molecule has 3 aliphatic carbocycles. The van der Waals surface area contributed by atoms with Crippen LogP contribution in [0.5, 0.6) is 0 Å². The molecule has 41 heavy (non-hydrogen) atoms. The first kappa shape index (κ1) is 27.6. The van der Waals surface area contributed by atoms with Crippen molar-refractivity contribution in [2.45, 2.75) is 95.6 Å². The first-order chi connectivity index (χ1) is 19.7. The van der Waals surface area contributed by atoms with Crippen molar-refractivity contribution in [2.75, 3.05) is 5.32 Å². The van der Waals surface area contributed by atoms with Crippen molar-refractivity contribution in [1.29, 1.82) is 5.26 Å². The molecule has 2 saturated carbocycles. The zero-order valence-corrected chi connectivity index (χ0v) is 24.7. The number of carbonyl (C=O) groups is 1. The van der Waals surface area contributed by atoms with E-state index in [1.165, 1.54) is 30.4 Å².